The van der Waals surface area contributed by atoms with Gasteiger partial charge in [-0.3, -0.25) is 4.90 Å². The van der Waals surface area contributed by atoms with Crippen molar-refractivity contribution in [3.63, 3.8) is 0 Å². The molecule has 0 amide bonds. The number of aliphatic hydroxyl groups excluding tert-OH is 1. The Kier molecular flexibility index (Phi) is 5.34. The average Bonchev–Trinajstić information content (AvgIpc) is 2.15. The highest BCUT2D eigenvalue weighted by atomic mass is 16.3. The van der Waals surface area contributed by atoms with E-state index in [0.29, 0.717) is 6.04 Å². The van der Waals surface area contributed by atoms with Crippen LogP contribution in [0, 0.1) is 0 Å². The highest BCUT2D eigenvalue weighted by molar-refractivity contribution is 4.90. The van der Waals surface area contributed by atoms with Gasteiger partial charge in [-0.1, -0.05) is 12.0 Å². The van der Waals surface area contributed by atoms with Crippen LogP contribution in [-0.4, -0.2) is 35.2 Å². The SMILES string of the molecule is C=C(C)CCN1CCCCC1CC(C)O. The third-order valence-corrected chi connectivity index (χ3v) is 3.19. The van der Waals surface area contributed by atoms with Crippen molar-refractivity contribution in [1.82, 2.24) is 4.90 Å². The van der Waals surface area contributed by atoms with E-state index in [2.05, 4.69) is 18.4 Å². The summed E-state index contributed by atoms with van der Waals surface area (Å²) in [6.45, 7) is 10.3. The Hall–Kier alpha value is -0.340. The van der Waals surface area contributed by atoms with E-state index in [-0.39, 0.29) is 6.10 Å². The van der Waals surface area contributed by atoms with E-state index >= 15 is 0 Å². The number of rotatable bonds is 5. The molecule has 0 radical (unpaired) electrons. The van der Waals surface area contributed by atoms with E-state index < -0.39 is 0 Å². The number of hydrogen-bond acceptors (Lipinski definition) is 2. The highest BCUT2D eigenvalue weighted by Crippen LogP contribution is 2.21. The molecular weight excluding hydrogens is 186 g/mol. The minimum absolute atomic E-state index is 0.166. The van der Waals surface area contributed by atoms with E-state index in [0.717, 1.165) is 19.4 Å². The summed E-state index contributed by atoms with van der Waals surface area (Å²) in [5, 5.41) is 9.46. The summed E-state index contributed by atoms with van der Waals surface area (Å²) in [4.78, 5) is 2.53. The van der Waals surface area contributed by atoms with Crippen LogP contribution < -0.4 is 0 Å². The molecule has 1 rings (SSSR count). The fourth-order valence-electron chi connectivity index (χ4n) is 2.35. The first-order chi connectivity index (χ1) is 7.09. The Morgan fingerprint density at radius 3 is 2.87 bits per heavy atom. The molecule has 1 N–H and O–H groups in total. The lowest BCUT2D eigenvalue weighted by molar-refractivity contribution is 0.0878. The smallest absolute Gasteiger partial charge is 0.0527 e. The van der Waals surface area contributed by atoms with Crippen molar-refractivity contribution in [2.75, 3.05) is 13.1 Å². The number of nitrogens with zero attached hydrogens (tertiary/aromatic N) is 1. The van der Waals surface area contributed by atoms with Gasteiger partial charge in [-0.25, -0.2) is 0 Å². The van der Waals surface area contributed by atoms with Crippen LogP contribution in [0.4, 0.5) is 0 Å². The predicted octanol–water partition coefficient (Wildman–Crippen LogP) is 2.58. The van der Waals surface area contributed by atoms with Crippen LogP contribution in [0.5, 0.6) is 0 Å². The van der Waals surface area contributed by atoms with Gasteiger partial charge in [0.1, 0.15) is 0 Å². The van der Waals surface area contributed by atoms with Crippen LogP contribution in [0.3, 0.4) is 0 Å². The lowest BCUT2D eigenvalue weighted by Crippen LogP contribution is -2.41. The van der Waals surface area contributed by atoms with E-state index in [1.807, 2.05) is 6.92 Å². The van der Waals surface area contributed by atoms with Crippen molar-refractivity contribution in [2.24, 2.45) is 0 Å². The molecule has 0 aromatic carbocycles. The van der Waals surface area contributed by atoms with Gasteiger partial charge >= 0.3 is 0 Å². The van der Waals surface area contributed by atoms with E-state index in [4.69, 9.17) is 0 Å². The van der Waals surface area contributed by atoms with Gasteiger partial charge in [0, 0.05) is 12.6 Å². The Morgan fingerprint density at radius 1 is 1.53 bits per heavy atom. The third kappa shape index (κ3) is 4.80. The molecular formula is C13H25NO. The van der Waals surface area contributed by atoms with Crippen molar-refractivity contribution >= 4 is 0 Å². The van der Waals surface area contributed by atoms with Crippen LogP contribution >= 0.6 is 0 Å². The number of aliphatic hydroxyl groups is 1. The molecule has 0 spiro atoms. The molecule has 1 heterocycles. The molecule has 1 aliphatic rings. The molecule has 2 unspecified atom stereocenters. The van der Waals surface area contributed by atoms with Crippen LogP contribution in [-0.2, 0) is 0 Å². The first-order valence-corrected chi connectivity index (χ1v) is 6.16. The molecule has 88 valence electrons. The molecule has 0 aliphatic carbocycles. The maximum absolute atomic E-state index is 9.46. The summed E-state index contributed by atoms with van der Waals surface area (Å²) in [5.74, 6) is 0. The van der Waals surface area contributed by atoms with Crippen molar-refractivity contribution in [3.05, 3.63) is 12.2 Å². The summed E-state index contributed by atoms with van der Waals surface area (Å²) >= 11 is 0. The summed E-state index contributed by atoms with van der Waals surface area (Å²) < 4.78 is 0. The van der Waals surface area contributed by atoms with Gasteiger partial charge in [0.05, 0.1) is 6.10 Å². The average molecular weight is 211 g/mol. The quantitative estimate of drug-likeness (QED) is 0.707. The van der Waals surface area contributed by atoms with E-state index in [1.54, 1.807) is 0 Å². The summed E-state index contributed by atoms with van der Waals surface area (Å²) in [7, 11) is 0. The van der Waals surface area contributed by atoms with Gasteiger partial charge in [-0.2, -0.15) is 0 Å². The van der Waals surface area contributed by atoms with Gasteiger partial charge in [-0.05, 0) is 46.1 Å². The topological polar surface area (TPSA) is 23.5 Å². The fraction of sp³-hybridized carbons (Fsp3) is 0.846. The zero-order valence-electron chi connectivity index (χ0n) is 10.2. The largest absolute Gasteiger partial charge is 0.393 e. The maximum atomic E-state index is 9.46. The van der Waals surface area contributed by atoms with Crippen molar-refractivity contribution in [3.8, 4) is 0 Å². The lowest BCUT2D eigenvalue weighted by atomic mass is 9.97. The summed E-state index contributed by atoms with van der Waals surface area (Å²) in [5.41, 5.74) is 1.26. The Labute approximate surface area is 94.0 Å². The fourth-order valence-corrected chi connectivity index (χ4v) is 2.35. The molecule has 2 nitrogen and oxygen atoms in total. The molecule has 0 bridgehead atoms. The van der Waals surface area contributed by atoms with Crippen LogP contribution in [0.15, 0.2) is 12.2 Å². The number of piperidine rings is 1. The van der Waals surface area contributed by atoms with Crippen molar-refractivity contribution in [2.45, 2.75) is 58.1 Å². The monoisotopic (exact) mass is 211 g/mol. The third-order valence-electron chi connectivity index (χ3n) is 3.19. The second-order valence-corrected chi connectivity index (χ2v) is 4.98. The normalized spacial score (nSPS) is 25.1. The maximum Gasteiger partial charge on any atom is 0.0527 e. The first-order valence-electron chi connectivity index (χ1n) is 6.16. The first kappa shape index (κ1) is 12.7. The van der Waals surface area contributed by atoms with Gasteiger partial charge < -0.3 is 5.11 Å². The molecule has 0 aromatic rings. The Bertz CT molecular complexity index is 201. The van der Waals surface area contributed by atoms with Crippen LogP contribution in [0.2, 0.25) is 0 Å². The highest BCUT2D eigenvalue weighted by Gasteiger charge is 2.22. The number of likely N-dealkylation sites (tertiary alicyclic amines) is 1. The van der Waals surface area contributed by atoms with E-state index in [1.165, 1.54) is 31.4 Å². The minimum atomic E-state index is -0.166. The van der Waals surface area contributed by atoms with Gasteiger partial charge in [0.2, 0.25) is 0 Å². The lowest BCUT2D eigenvalue weighted by Gasteiger charge is -2.36. The molecule has 15 heavy (non-hydrogen) atoms. The predicted molar refractivity (Wildman–Crippen MR) is 64.9 cm³/mol. The van der Waals surface area contributed by atoms with Gasteiger partial charge in [-0.15, -0.1) is 6.58 Å². The zero-order chi connectivity index (χ0) is 11.3. The Morgan fingerprint density at radius 2 is 2.27 bits per heavy atom. The molecule has 1 fully saturated rings. The standard InChI is InChI=1S/C13H25NO/c1-11(2)7-9-14-8-5-4-6-13(14)10-12(3)15/h12-13,15H,1,4-10H2,2-3H3. The molecule has 1 saturated heterocycles. The van der Waals surface area contributed by atoms with Crippen LogP contribution in [0.25, 0.3) is 0 Å². The second-order valence-electron chi connectivity index (χ2n) is 4.98. The van der Waals surface area contributed by atoms with Crippen molar-refractivity contribution in [1.29, 1.82) is 0 Å². The van der Waals surface area contributed by atoms with Crippen LogP contribution in [0.1, 0.15) is 46.0 Å². The molecule has 0 aromatic heterocycles. The molecule has 2 heteroatoms. The van der Waals surface area contributed by atoms with E-state index in [9.17, 15) is 5.11 Å². The number of hydrogen-bond donors (Lipinski definition) is 1. The minimum Gasteiger partial charge on any atom is -0.393 e. The van der Waals surface area contributed by atoms with Gasteiger partial charge in [0.25, 0.3) is 0 Å². The Balaban J connectivity index is 2.38. The summed E-state index contributed by atoms with van der Waals surface area (Å²) in [6.07, 6.45) is 5.74. The molecule has 0 saturated carbocycles. The molecule has 2 atom stereocenters. The van der Waals surface area contributed by atoms with Gasteiger partial charge in [0.15, 0.2) is 0 Å². The summed E-state index contributed by atoms with van der Waals surface area (Å²) in [6, 6.07) is 0.595. The van der Waals surface area contributed by atoms with Crippen molar-refractivity contribution < 1.29 is 5.11 Å². The zero-order valence-corrected chi connectivity index (χ0v) is 10.2. The second kappa shape index (κ2) is 6.29. The molecule has 1 aliphatic heterocycles.